The summed E-state index contributed by atoms with van der Waals surface area (Å²) in [6, 6.07) is 2.07. The number of rotatable bonds is 1. The van der Waals surface area contributed by atoms with Crippen LogP contribution in [0.4, 0.5) is 0 Å². The Morgan fingerprint density at radius 2 is 1.70 bits per heavy atom. The lowest BCUT2D eigenvalue weighted by Crippen LogP contribution is -2.07. The molecule has 0 aliphatic rings. The second-order valence-corrected chi connectivity index (χ2v) is 2.10. The predicted octanol–water partition coefficient (Wildman–Crippen LogP) is -0.496. The highest BCUT2D eigenvalue weighted by Gasteiger charge is 1.92. The zero-order chi connectivity index (χ0) is 8.57. The molecule has 10 heavy (non-hydrogen) atoms. The highest BCUT2D eigenvalue weighted by Crippen LogP contribution is 1.94. The maximum absolute atomic E-state index is 7.99. The fourth-order valence-electron chi connectivity index (χ4n) is 0.183. The van der Waals surface area contributed by atoms with Crippen molar-refractivity contribution in [3.8, 4) is 6.07 Å². The van der Waals surface area contributed by atoms with Crippen LogP contribution in [0.25, 0.3) is 0 Å². The van der Waals surface area contributed by atoms with Crippen molar-refractivity contribution in [2.45, 2.75) is 20.3 Å². The van der Waals surface area contributed by atoms with Crippen molar-refractivity contribution in [1.29, 1.82) is 5.26 Å². The van der Waals surface area contributed by atoms with E-state index in [0.29, 0.717) is 12.3 Å². The molecule has 0 aliphatic carbocycles. The third kappa shape index (κ3) is 51.9. The first-order chi connectivity index (χ1) is 4.50. The molecule has 0 fully saturated rings. The maximum Gasteiger partial charge on any atom is 0.631 e. The normalized spacial score (nSPS) is 7.70. The van der Waals surface area contributed by atoms with Crippen LogP contribution in [-0.2, 0) is 0 Å². The Labute approximate surface area is 60.9 Å². The van der Waals surface area contributed by atoms with Crippen LogP contribution in [0, 0.1) is 17.2 Å². The third-order valence-corrected chi connectivity index (χ3v) is 0.500. The van der Waals surface area contributed by atoms with Crippen molar-refractivity contribution < 1.29 is 15.1 Å². The van der Waals surface area contributed by atoms with Crippen LogP contribution in [0.5, 0.6) is 0 Å². The van der Waals surface area contributed by atoms with Crippen molar-refractivity contribution in [2.75, 3.05) is 0 Å². The van der Waals surface area contributed by atoms with E-state index in [1.807, 2.05) is 13.8 Å². The summed E-state index contributed by atoms with van der Waals surface area (Å²) in [5, 5.41) is 29.5. The van der Waals surface area contributed by atoms with Gasteiger partial charge in [-0.05, 0) is 5.92 Å². The standard InChI is InChI=1S/C5H9N.BH3O3/c1-5(2)3-4-6;2-1(3)4/h5H,3H2,1-2H3;2-4H. The van der Waals surface area contributed by atoms with Gasteiger partial charge in [0.25, 0.3) is 0 Å². The summed E-state index contributed by atoms with van der Waals surface area (Å²) in [6.45, 7) is 4.06. The molecule has 4 nitrogen and oxygen atoms in total. The SMILES string of the molecule is CC(C)CC#N.OB(O)O. The van der Waals surface area contributed by atoms with E-state index in [0.717, 1.165) is 0 Å². The van der Waals surface area contributed by atoms with Crippen LogP contribution in [0.3, 0.4) is 0 Å². The van der Waals surface area contributed by atoms with Gasteiger partial charge >= 0.3 is 7.32 Å². The molecule has 0 aromatic carbocycles. The average Bonchev–Trinajstić information content (AvgIpc) is 1.62. The molecule has 3 N–H and O–H groups in total. The smallest absolute Gasteiger partial charge is 0.402 e. The Morgan fingerprint density at radius 1 is 1.40 bits per heavy atom. The van der Waals surface area contributed by atoms with E-state index in [1.165, 1.54) is 0 Å². The lowest BCUT2D eigenvalue weighted by atomic mass is 10.2. The fraction of sp³-hybridized carbons (Fsp3) is 0.800. The van der Waals surface area contributed by atoms with Gasteiger partial charge in [-0.1, -0.05) is 13.8 Å². The quantitative estimate of drug-likeness (QED) is 0.434. The van der Waals surface area contributed by atoms with Gasteiger partial charge < -0.3 is 15.1 Å². The van der Waals surface area contributed by atoms with Crippen molar-refractivity contribution >= 4 is 7.32 Å². The molecule has 0 aromatic rings. The summed E-state index contributed by atoms with van der Waals surface area (Å²) >= 11 is 0. The molecule has 5 heteroatoms. The molecular weight excluding hydrogens is 133 g/mol. The van der Waals surface area contributed by atoms with Gasteiger partial charge in [-0.2, -0.15) is 5.26 Å². The predicted molar refractivity (Wildman–Crippen MR) is 37.5 cm³/mol. The number of hydrogen-bond donors (Lipinski definition) is 3. The molecular formula is C5H12BNO3. The summed E-state index contributed by atoms with van der Waals surface area (Å²) in [4.78, 5) is 0. The van der Waals surface area contributed by atoms with Crippen LogP contribution in [0.2, 0.25) is 0 Å². The molecule has 0 saturated carbocycles. The molecule has 0 unspecified atom stereocenters. The highest BCUT2D eigenvalue weighted by molar-refractivity contribution is 6.30. The first-order valence-electron chi connectivity index (χ1n) is 2.91. The second kappa shape index (κ2) is 8.43. The van der Waals surface area contributed by atoms with E-state index in [2.05, 4.69) is 6.07 Å². The molecule has 0 saturated heterocycles. The lowest BCUT2D eigenvalue weighted by molar-refractivity contribution is 0.278. The van der Waals surface area contributed by atoms with Gasteiger partial charge in [-0.3, -0.25) is 0 Å². The summed E-state index contributed by atoms with van der Waals surface area (Å²) in [7, 11) is -2.17. The summed E-state index contributed by atoms with van der Waals surface area (Å²) in [5.41, 5.74) is 0. The van der Waals surface area contributed by atoms with Crippen molar-refractivity contribution in [2.24, 2.45) is 5.92 Å². The summed E-state index contributed by atoms with van der Waals surface area (Å²) < 4.78 is 0. The van der Waals surface area contributed by atoms with Gasteiger partial charge in [0.1, 0.15) is 0 Å². The van der Waals surface area contributed by atoms with E-state index in [4.69, 9.17) is 20.3 Å². The zero-order valence-electron chi connectivity index (χ0n) is 6.15. The fourth-order valence-corrected chi connectivity index (χ4v) is 0.183. The maximum atomic E-state index is 7.99. The Hall–Kier alpha value is -0.565. The molecule has 0 aliphatic heterocycles. The van der Waals surface area contributed by atoms with Gasteiger partial charge in [0.2, 0.25) is 0 Å². The number of nitrogens with zero attached hydrogens (tertiary/aromatic N) is 1. The Balaban J connectivity index is 0. The van der Waals surface area contributed by atoms with Crippen LogP contribution in [0.1, 0.15) is 20.3 Å². The second-order valence-electron chi connectivity index (χ2n) is 2.10. The molecule has 0 atom stereocenters. The minimum atomic E-state index is -2.17. The zero-order valence-corrected chi connectivity index (χ0v) is 6.15. The molecule has 0 rings (SSSR count). The average molecular weight is 145 g/mol. The molecule has 0 aromatic heterocycles. The van der Waals surface area contributed by atoms with Crippen molar-refractivity contribution in [3.63, 3.8) is 0 Å². The van der Waals surface area contributed by atoms with E-state index >= 15 is 0 Å². The minimum Gasteiger partial charge on any atom is -0.402 e. The van der Waals surface area contributed by atoms with Crippen molar-refractivity contribution in [3.05, 3.63) is 0 Å². The molecule has 0 bridgehead atoms. The molecule has 58 valence electrons. The number of hydrogen-bond acceptors (Lipinski definition) is 4. The van der Waals surface area contributed by atoms with Crippen LogP contribution in [-0.4, -0.2) is 22.4 Å². The highest BCUT2D eigenvalue weighted by atomic mass is 16.5. The largest absolute Gasteiger partial charge is 0.631 e. The molecule has 0 radical (unpaired) electrons. The lowest BCUT2D eigenvalue weighted by Gasteiger charge is -1.88. The topological polar surface area (TPSA) is 84.5 Å². The van der Waals surface area contributed by atoms with Gasteiger partial charge in [0, 0.05) is 6.42 Å². The Morgan fingerprint density at radius 3 is 1.70 bits per heavy atom. The van der Waals surface area contributed by atoms with Crippen LogP contribution < -0.4 is 0 Å². The van der Waals surface area contributed by atoms with E-state index < -0.39 is 7.32 Å². The van der Waals surface area contributed by atoms with Crippen molar-refractivity contribution in [1.82, 2.24) is 0 Å². The molecule has 0 amide bonds. The summed E-state index contributed by atoms with van der Waals surface area (Å²) in [5.74, 6) is 0.537. The van der Waals surface area contributed by atoms with E-state index in [9.17, 15) is 0 Å². The van der Waals surface area contributed by atoms with E-state index in [1.54, 1.807) is 0 Å². The first kappa shape index (κ1) is 12.1. The van der Waals surface area contributed by atoms with Crippen LogP contribution in [0.15, 0.2) is 0 Å². The van der Waals surface area contributed by atoms with Crippen LogP contribution >= 0.6 is 0 Å². The Bertz CT molecular complexity index is 96.8. The van der Waals surface area contributed by atoms with E-state index in [-0.39, 0.29) is 0 Å². The molecule has 0 heterocycles. The van der Waals surface area contributed by atoms with Gasteiger partial charge in [-0.25, -0.2) is 0 Å². The Kier molecular flexibility index (Phi) is 10.2. The minimum absolute atomic E-state index is 0.537. The third-order valence-electron chi connectivity index (χ3n) is 0.500. The monoisotopic (exact) mass is 145 g/mol. The first-order valence-corrected chi connectivity index (χ1v) is 2.91. The summed E-state index contributed by atoms with van der Waals surface area (Å²) in [6.07, 6.45) is 0.681. The van der Waals surface area contributed by atoms with Gasteiger partial charge in [0.15, 0.2) is 0 Å². The van der Waals surface area contributed by atoms with Gasteiger partial charge in [0.05, 0.1) is 6.07 Å². The van der Waals surface area contributed by atoms with Gasteiger partial charge in [-0.15, -0.1) is 0 Å². The molecule has 0 spiro atoms. The number of nitriles is 1.